The molecule has 0 aromatic heterocycles. The molecule has 0 heterocycles. The van der Waals surface area contributed by atoms with E-state index in [0.717, 1.165) is 12.1 Å². The normalized spacial score (nSPS) is 12.3. The molecule has 3 rings (SSSR count). The first-order chi connectivity index (χ1) is 13.4. The number of Topliss-reactive ketones (excluding diaryl/α,β-unsaturated/α-hetero) is 1. The van der Waals surface area contributed by atoms with E-state index in [1.54, 1.807) is 60.7 Å². The van der Waals surface area contributed by atoms with E-state index >= 15 is 0 Å². The van der Waals surface area contributed by atoms with Crippen LogP contribution in [0.5, 0.6) is 0 Å². The van der Waals surface area contributed by atoms with Crippen molar-refractivity contribution in [3.05, 3.63) is 107 Å². The van der Waals surface area contributed by atoms with Crippen LogP contribution in [-0.2, 0) is 6.18 Å². The lowest BCUT2D eigenvalue weighted by atomic mass is 10.0. The van der Waals surface area contributed by atoms with E-state index < -0.39 is 11.7 Å². The minimum atomic E-state index is -4.44. The van der Waals surface area contributed by atoms with Gasteiger partial charge >= 0.3 is 6.18 Å². The predicted octanol–water partition coefficient (Wildman–Crippen LogP) is 5.41. The van der Waals surface area contributed by atoms with Crippen LogP contribution in [0.4, 0.5) is 13.2 Å². The number of carbonyl (C=O) groups excluding carboxylic acids is 1. The van der Waals surface area contributed by atoms with E-state index in [0.29, 0.717) is 11.1 Å². The summed E-state index contributed by atoms with van der Waals surface area (Å²) in [7, 11) is 0. The van der Waals surface area contributed by atoms with Crippen LogP contribution in [-0.4, -0.2) is 17.7 Å². The molecule has 3 aromatic carbocycles. The molecule has 0 atom stereocenters. The second-order valence-corrected chi connectivity index (χ2v) is 5.88. The summed E-state index contributed by atoms with van der Waals surface area (Å²) in [6.07, 6.45) is -3.25. The molecular weight excluding hydrogens is 365 g/mol. The number of hydrogen-bond acceptors (Lipinski definition) is 3. The molecule has 3 aromatic rings. The summed E-state index contributed by atoms with van der Waals surface area (Å²) in [5, 5.41) is 7.88. The Bertz CT molecular complexity index is 1010. The van der Waals surface area contributed by atoms with E-state index in [9.17, 15) is 18.0 Å². The van der Waals surface area contributed by atoms with Gasteiger partial charge in [0, 0.05) is 11.1 Å². The van der Waals surface area contributed by atoms with Crippen LogP contribution in [0.15, 0.2) is 95.1 Å². The summed E-state index contributed by atoms with van der Waals surface area (Å²) >= 11 is 0. The van der Waals surface area contributed by atoms with Crippen molar-refractivity contribution in [2.24, 2.45) is 10.2 Å². The lowest BCUT2D eigenvalue weighted by Gasteiger charge is -2.06. The molecular formula is C22H15F3N2O. The Morgan fingerprint density at radius 2 is 1.39 bits per heavy atom. The summed E-state index contributed by atoms with van der Waals surface area (Å²) in [5.41, 5.74) is 0.578. The minimum Gasteiger partial charge on any atom is -0.287 e. The lowest BCUT2D eigenvalue weighted by Crippen LogP contribution is -2.15. The Morgan fingerprint density at radius 3 is 2.00 bits per heavy atom. The Labute approximate surface area is 159 Å². The van der Waals surface area contributed by atoms with E-state index in [1.807, 2.05) is 0 Å². The van der Waals surface area contributed by atoms with Crippen LogP contribution in [0, 0.1) is 0 Å². The molecule has 0 bridgehead atoms. The monoisotopic (exact) mass is 380 g/mol. The summed E-state index contributed by atoms with van der Waals surface area (Å²) in [6.45, 7) is 0. The summed E-state index contributed by atoms with van der Waals surface area (Å²) in [5.74, 6) is -0.326. The molecule has 140 valence electrons. The van der Waals surface area contributed by atoms with Gasteiger partial charge in [-0.3, -0.25) is 4.79 Å². The van der Waals surface area contributed by atoms with Gasteiger partial charge in [-0.2, -0.15) is 18.3 Å². The molecule has 28 heavy (non-hydrogen) atoms. The van der Waals surface area contributed by atoms with Gasteiger partial charge in [-0.15, -0.1) is 5.10 Å². The number of nitrogens with zero attached hydrogens (tertiary/aromatic N) is 2. The Morgan fingerprint density at radius 1 is 0.786 bits per heavy atom. The van der Waals surface area contributed by atoms with Crippen molar-refractivity contribution >= 4 is 17.7 Å². The first-order valence-electron chi connectivity index (χ1n) is 8.38. The van der Waals surface area contributed by atoms with Gasteiger partial charge in [0.1, 0.15) is 5.71 Å². The van der Waals surface area contributed by atoms with Crippen molar-refractivity contribution in [2.75, 3.05) is 0 Å². The highest BCUT2D eigenvalue weighted by Crippen LogP contribution is 2.29. The zero-order chi connectivity index (χ0) is 20.0. The molecule has 0 saturated heterocycles. The van der Waals surface area contributed by atoms with Crippen LogP contribution in [0.25, 0.3) is 0 Å². The maximum atomic E-state index is 12.8. The Hall–Kier alpha value is -3.54. The molecule has 0 amide bonds. The van der Waals surface area contributed by atoms with Crippen molar-refractivity contribution in [3.63, 3.8) is 0 Å². The highest BCUT2D eigenvalue weighted by molar-refractivity contribution is 6.51. The van der Waals surface area contributed by atoms with Gasteiger partial charge in [0.25, 0.3) is 0 Å². The van der Waals surface area contributed by atoms with Crippen molar-refractivity contribution in [3.8, 4) is 0 Å². The minimum absolute atomic E-state index is 0.107. The number of hydrogen-bond donors (Lipinski definition) is 0. The van der Waals surface area contributed by atoms with Gasteiger partial charge in [0.05, 0.1) is 11.8 Å². The van der Waals surface area contributed by atoms with Crippen LogP contribution >= 0.6 is 0 Å². The van der Waals surface area contributed by atoms with Crippen molar-refractivity contribution in [2.45, 2.75) is 6.18 Å². The largest absolute Gasteiger partial charge is 0.416 e. The maximum Gasteiger partial charge on any atom is 0.416 e. The molecule has 0 aliphatic rings. The fourth-order valence-corrected chi connectivity index (χ4v) is 2.51. The van der Waals surface area contributed by atoms with Crippen molar-refractivity contribution in [1.82, 2.24) is 0 Å². The average molecular weight is 380 g/mol. The SMILES string of the molecule is O=C(/C(=N/N=C/c1cccc(C(F)(F)F)c1)c1ccccc1)c1ccccc1. The molecule has 0 unspecified atom stereocenters. The zero-order valence-corrected chi connectivity index (χ0v) is 14.6. The van der Waals surface area contributed by atoms with E-state index in [4.69, 9.17) is 0 Å². The third-order valence-corrected chi connectivity index (χ3v) is 3.88. The number of rotatable bonds is 5. The molecule has 0 aliphatic carbocycles. The number of benzene rings is 3. The van der Waals surface area contributed by atoms with E-state index in [2.05, 4.69) is 10.2 Å². The molecule has 0 radical (unpaired) electrons. The molecule has 6 heteroatoms. The Kier molecular flexibility index (Phi) is 5.79. The summed E-state index contributed by atoms with van der Waals surface area (Å²) < 4.78 is 38.4. The van der Waals surface area contributed by atoms with Crippen LogP contribution in [0.1, 0.15) is 27.0 Å². The summed E-state index contributed by atoms with van der Waals surface area (Å²) in [4.78, 5) is 12.8. The number of ketones is 1. The second kappa shape index (κ2) is 8.43. The quantitative estimate of drug-likeness (QED) is 0.331. The predicted molar refractivity (Wildman–Crippen MR) is 103 cm³/mol. The third kappa shape index (κ3) is 4.79. The highest BCUT2D eigenvalue weighted by Gasteiger charge is 2.30. The molecule has 0 spiro atoms. The van der Waals surface area contributed by atoms with Gasteiger partial charge < -0.3 is 0 Å². The fraction of sp³-hybridized carbons (Fsp3) is 0.0455. The molecule has 0 N–H and O–H groups in total. The van der Waals surface area contributed by atoms with Gasteiger partial charge in [-0.05, 0) is 17.7 Å². The second-order valence-electron chi connectivity index (χ2n) is 5.88. The van der Waals surface area contributed by atoms with Gasteiger partial charge in [0.2, 0.25) is 5.78 Å². The summed E-state index contributed by atoms with van der Waals surface area (Å²) in [6, 6.07) is 22.1. The molecule has 3 nitrogen and oxygen atoms in total. The first kappa shape index (κ1) is 19.2. The first-order valence-corrected chi connectivity index (χ1v) is 8.38. The smallest absolute Gasteiger partial charge is 0.287 e. The van der Waals surface area contributed by atoms with Gasteiger partial charge in [-0.1, -0.05) is 72.8 Å². The topological polar surface area (TPSA) is 41.8 Å². The number of halogens is 3. The van der Waals surface area contributed by atoms with Crippen LogP contribution in [0.2, 0.25) is 0 Å². The number of carbonyl (C=O) groups is 1. The maximum absolute atomic E-state index is 12.8. The fourth-order valence-electron chi connectivity index (χ4n) is 2.51. The molecule has 0 saturated carbocycles. The van der Waals surface area contributed by atoms with Crippen LogP contribution in [0.3, 0.4) is 0 Å². The molecule has 0 fully saturated rings. The number of alkyl halides is 3. The Balaban J connectivity index is 1.94. The van der Waals surface area contributed by atoms with E-state index in [1.165, 1.54) is 18.3 Å². The van der Waals surface area contributed by atoms with Crippen LogP contribution < -0.4 is 0 Å². The standard InChI is InChI=1S/C22H15F3N2O/c23-22(24,25)19-13-7-8-16(14-19)15-26-27-20(17-9-3-1-4-10-17)21(28)18-11-5-2-6-12-18/h1-15H/b26-15+,27-20+. The highest BCUT2D eigenvalue weighted by atomic mass is 19.4. The third-order valence-electron chi connectivity index (χ3n) is 3.88. The average Bonchev–Trinajstić information content (AvgIpc) is 2.72. The van der Waals surface area contributed by atoms with Gasteiger partial charge in [0.15, 0.2) is 0 Å². The van der Waals surface area contributed by atoms with Crippen molar-refractivity contribution < 1.29 is 18.0 Å². The van der Waals surface area contributed by atoms with E-state index in [-0.39, 0.29) is 17.1 Å². The zero-order valence-electron chi connectivity index (χ0n) is 14.6. The van der Waals surface area contributed by atoms with Gasteiger partial charge in [-0.25, -0.2) is 0 Å². The lowest BCUT2D eigenvalue weighted by molar-refractivity contribution is -0.137. The molecule has 0 aliphatic heterocycles. The van der Waals surface area contributed by atoms with Crippen molar-refractivity contribution in [1.29, 1.82) is 0 Å².